The number of carbonyl (C=O) groups excluding carboxylic acids is 2. The number of ether oxygens (including phenoxy) is 1. The second-order valence-corrected chi connectivity index (χ2v) is 5.74. The van der Waals surface area contributed by atoms with Crippen molar-refractivity contribution < 1.29 is 14.3 Å². The molecule has 0 saturated heterocycles. The van der Waals surface area contributed by atoms with Crippen LogP contribution < -0.4 is 5.32 Å². The van der Waals surface area contributed by atoms with E-state index in [0.717, 1.165) is 25.7 Å². The highest BCUT2D eigenvalue weighted by atomic mass is 16.6. The van der Waals surface area contributed by atoms with Crippen molar-refractivity contribution in [2.45, 2.75) is 70.9 Å². The van der Waals surface area contributed by atoms with Gasteiger partial charge in [-0.1, -0.05) is 13.3 Å². The van der Waals surface area contributed by atoms with E-state index in [1.165, 1.54) is 0 Å². The minimum atomic E-state index is -0.614. The summed E-state index contributed by atoms with van der Waals surface area (Å²) in [6.07, 6.45) is 3.43. The van der Waals surface area contributed by atoms with Gasteiger partial charge < -0.3 is 10.1 Å². The van der Waals surface area contributed by atoms with E-state index in [2.05, 4.69) is 5.32 Å². The van der Waals surface area contributed by atoms with Crippen LogP contribution in [-0.4, -0.2) is 23.0 Å². The van der Waals surface area contributed by atoms with Gasteiger partial charge in [0.05, 0.1) is 0 Å². The molecule has 1 saturated carbocycles. The average molecular weight is 241 g/mol. The monoisotopic (exact) mass is 241 g/mol. The fourth-order valence-corrected chi connectivity index (χ4v) is 1.67. The van der Waals surface area contributed by atoms with E-state index < -0.39 is 17.2 Å². The number of nitrogens with one attached hydrogen (secondary N) is 1. The molecular weight excluding hydrogens is 218 g/mol. The maximum absolute atomic E-state index is 11.9. The van der Waals surface area contributed by atoms with E-state index in [9.17, 15) is 9.59 Å². The minimum absolute atomic E-state index is 0.144. The number of hydrogen-bond acceptors (Lipinski definition) is 3. The molecular formula is C13H23NO3. The van der Waals surface area contributed by atoms with Crippen molar-refractivity contribution in [1.82, 2.24) is 5.32 Å². The fraction of sp³-hybridized carbons (Fsp3) is 0.846. The lowest BCUT2D eigenvalue weighted by Crippen LogP contribution is -2.45. The molecule has 0 atom stereocenters. The van der Waals surface area contributed by atoms with E-state index in [4.69, 9.17) is 4.74 Å². The molecule has 17 heavy (non-hydrogen) atoms. The number of carbonyl (C=O) groups is 2. The van der Waals surface area contributed by atoms with Gasteiger partial charge in [-0.3, -0.25) is 4.79 Å². The largest absolute Gasteiger partial charge is 0.444 e. The van der Waals surface area contributed by atoms with Crippen LogP contribution in [0.3, 0.4) is 0 Å². The third-order valence-electron chi connectivity index (χ3n) is 2.78. The van der Waals surface area contributed by atoms with Crippen LogP contribution in [0, 0.1) is 0 Å². The zero-order chi connectivity index (χ0) is 13.1. The van der Waals surface area contributed by atoms with Crippen LogP contribution >= 0.6 is 0 Å². The molecule has 0 aromatic rings. The first kappa shape index (κ1) is 14.0. The van der Waals surface area contributed by atoms with Crippen molar-refractivity contribution in [3.05, 3.63) is 0 Å². The summed E-state index contributed by atoms with van der Waals surface area (Å²) < 4.78 is 5.17. The molecule has 0 unspecified atom stereocenters. The number of rotatable bonds is 5. The van der Waals surface area contributed by atoms with Crippen molar-refractivity contribution in [2.75, 3.05) is 0 Å². The molecule has 0 heterocycles. The summed E-state index contributed by atoms with van der Waals surface area (Å²) in [4.78, 5) is 23.5. The SMILES string of the molecule is CCCCC(=O)C1(NC(=O)OC(C)(C)C)CC1. The molecule has 1 rings (SSSR count). The third kappa shape index (κ3) is 4.36. The number of alkyl carbamates (subject to hydrolysis) is 1. The molecule has 1 aliphatic rings. The minimum Gasteiger partial charge on any atom is -0.444 e. The number of Topliss-reactive ketones (excluding diaryl/α,β-unsaturated/α-hetero) is 1. The maximum atomic E-state index is 11.9. The van der Waals surface area contributed by atoms with Crippen molar-refractivity contribution in [3.63, 3.8) is 0 Å². The van der Waals surface area contributed by atoms with Crippen molar-refractivity contribution in [2.24, 2.45) is 0 Å². The molecule has 1 aliphatic carbocycles. The topological polar surface area (TPSA) is 55.4 Å². The highest BCUT2D eigenvalue weighted by Gasteiger charge is 2.50. The zero-order valence-corrected chi connectivity index (χ0v) is 11.3. The number of amides is 1. The molecule has 0 aromatic heterocycles. The second kappa shape index (κ2) is 5.07. The van der Waals surface area contributed by atoms with E-state index in [1.54, 1.807) is 0 Å². The van der Waals surface area contributed by atoms with E-state index in [1.807, 2.05) is 27.7 Å². The van der Waals surface area contributed by atoms with Crippen LogP contribution in [0.2, 0.25) is 0 Å². The fourth-order valence-electron chi connectivity index (χ4n) is 1.67. The van der Waals surface area contributed by atoms with Gasteiger partial charge >= 0.3 is 6.09 Å². The Balaban J connectivity index is 2.45. The van der Waals surface area contributed by atoms with Gasteiger partial charge in [-0.2, -0.15) is 0 Å². The van der Waals surface area contributed by atoms with Gasteiger partial charge in [0.1, 0.15) is 11.1 Å². The number of ketones is 1. The summed E-state index contributed by atoms with van der Waals surface area (Å²) >= 11 is 0. The van der Waals surface area contributed by atoms with E-state index in [0.29, 0.717) is 6.42 Å². The normalized spacial score (nSPS) is 17.4. The highest BCUT2D eigenvalue weighted by Crippen LogP contribution is 2.38. The molecule has 0 spiro atoms. The Labute approximate surface area is 103 Å². The first-order chi connectivity index (χ1) is 7.79. The molecule has 4 heteroatoms. The Morgan fingerprint density at radius 2 is 1.88 bits per heavy atom. The smallest absolute Gasteiger partial charge is 0.408 e. The van der Waals surface area contributed by atoms with E-state index >= 15 is 0 Å². The van der Waals surface area contributed by atoms with Crippen LogP contribution in [0.25, 0.3) is 0 Å². The Morgan fingerprint density at radius 1 is 1.29 bits per heavy atom. The summed E-state index contributed by atoms with van der Waals surface area (Å²) in [5.41, 5.74) is -1.13. The number of hydrogen-bond donors (Lipinski definition) is 1. The van der Waals surface area contributed by atoms with Crippen molar-refractivity contribution in [3.8, 4) is 0 Å². The lowest BCUT2D eigenvalue weighted by molar-refractivity contribution is -0.122. The molecule has 1 fully saturated rings. The zero-order valence-electron chi connectivity index (χ0n) is 11.3. The van der Waals surface area contributed by atoms with Gasteiger partial charge in [-0.05, 0) is 40.0 Å². The Bertz CT molecular complexity index is 300. The Kier molecular flexibility index (Phi) is 4.17. The van der Waals surface area contributed by atoms with Crippen LogP contribution in [0.4, 0.5) is 4.79 Å². The quantitative estimate of drug-likeness (QED) is 0.805. The molecule has 0 aliphatic heterocycles. The van der Waals surface area contributed by atoms with Gasteiger partial charge in [0.25, 0.3) is 0 Å². The highest BCUT2D eigenvalue weighted by molar-refractivity contribution is 5.94. The lowest BCUT2D eigenvalue weighted by atomic mass is 10.1. The summed E-state index contributed by atoms with van der Waals surface area (Å²) in [6.45, 7) is 7.48. The summed E-state index contributed by atoms with van der Waals surface area (Å²) in [7, 11) is 0. The second-order valence-electron chi connectivity index (χ2n) is 5.74. The first-order valence-corrected chi connectivity index (χ1v) is 6.33. The first-order valence-electron chi connectivity index (χ1n) is 6.33. The van der Waals surface area contributed by atoms with Gasteiger partial charge in [0.2, 0.25) is 0 Å². The summed E-state index contributed by atoms with van der Waals surface area (Å²) in [5.74, 6) is 0.144. The van der Waals surface area contributed by atoms with Gasteiger partial charge in [0, 0.05) is 6.42 Å². The molecule has 98 valence electrons. The Morgan fingerprint density at radius 3 is 2.29 bits per heavy atom. The van der Waals surface area contributed by atoms with Crippen LogP contribution in [-0.2, 0) is 9.53 Å². The summed E-state index contributed by atoms with van der Waals surface area (Å²) in [5, 5.41) is 2.72. The number of unbranched alkanes of at least 4 members (excludes halogenated alkanes) is 1. The molecule has 1 amide bonds. The standard InChI is InChI=1S/C13H23NO3/c1-5-6-7-10(15)13(8-9-13)14-11(16)17-12(2,3)4/h5-9H2,1-4H3,(H,14,16). The summed E-state index contributed by atoms with van der Waals surface area (Å²) in [6, 6.07) is 0. The van der Waals surface area contributed by atoms with E-state index in [-0.39, 0.29) is 5.78 Å². The molecule has 0 aromatic carbocycles. The molecule has 0 bridgehead atoms. The molecule has 1 N–H and O–H groups in total. The van der Waals surface area contributed by atoms with Gasteiger partial charge in [-0.25, -0.2) is 4.79 Å². The van der Waals surface area contributed by atoms with Crippen LogP contribution in [0.5, 0.6) is 0 Å². The van der Waals surface area contributed by atoms with Crippen LogP contribution in [0.15, 0.2) is 0 Å². The predicted octanol–water partition coefficient (Wildman–Crippen LogP) is 2.80. The van der Waals surface area contributed by atoms with Gasteiger partial charge in [-0.15, -0.1) is 0 Å². The van der Waals surface area contributed by atoms with Gasteiger partial charge in [0.15, 0.2) is 5.78 Å². The molecule has 0 radical (unpaired) electrons. The van der Waals surface area contributed by atoms with Crippen LogP contribution in [0.1, 0.15) is 59.8 Å². The van der Waals surface area contributed by atoms with Crippen molar-refractivity contribution >= 4 is 11.9 Å². The Hall–Kier alpha value is -1.06. The average Bonchev–Trinajstić information content (AvgIpc) is 2.91. The predicted molar refractivity (Wildman–Crippen MR) is 65.9 cm³/mol. The maximum Gasteiger partial charge on any atom is 0.408 e. The lowest BCUT2D eigenvalue weighted by Gasteiger charge is -2.22. The third-order valence-corrected chi connectivity index (χ3v) is 2.78. The molecule has 4 nitrogen and oxygen atoms in total. The van der Waals surface area contributed by atoms with Crippen molar-refractivity contribution in [1.29, 1.82) is 0 Å².